The van der Waals surface area contributed by atoms with Crippen LogP contribution in [-0.4, -0.2) is 31.5 Å². The van der Waals surface area contributed by atoms with Crippen molar-refractivity contribution in [3.8, 4) is 0 Å². The van der Waals surface area contributed by atoms with Crippen LogP contribution < -0.4 is 5.32 Å². The highest BCUT2D eigenvalue weighted by Crippen LogP contribution is 2.29. The summed E-state index contributed by atoms with van der Waals surface area (Å²) in [6.07, 6.45) is 2.12. The van der Waals surface area contributed by atoms with E-state index in [2.05, 4.69) is 5.32 Å². The molecule has 4 heteroatoms. The van der Waals surface area contributed by atoms with Gasteiger partial charge >= 0.3 is 0 Å². The maximum Gasteiger partial charge on any atom is 0.225 e. The Morgan fingerprint density at radius 1 is 1.33 bits per heavy atom. The molecule has 0 unspecified atom stereocenters. The van der Waals surface area contributed by atoms with Crippen molar-refractivity contribution in [2.24, 2.45) is 0 Å². The Hall–Kier alpha value is -0.610. The highest BCUT2D eigenvalue weighted by Gasteiger charge is 2.39. The molecule has 0 bridgehead atoms. The van der Waals surface area contributed by atoms with Crippen LogP contribution in [0.15, 0.2) is 0 Å². The fourth-order valence-corrected chi connectivity index (χ4v) is 1.72. The van der Waals surface area contributed by atoms with E-state index in [1.807, 2.05) is 0 Å². The molecule has 0 aromatic rings. The van der Waals surface area contributed by atoms with E-state index >= 15 is 0 Å². The predicted molar refractivity (Wildman–Crippen MR) is 41.5 cm³/mol. The monoisotopic (exact) mass is 171 g/mol. The highest BCUT2D eigenvalue weighted by atomic mass is 16.7. The molecule has 2 heterocycles. The fourth-order valence-electron chi connectivity index (χ4n) is 1.72. The molecule has 1 spiro atoms. The van der Waals surface area contributed by atoms with Gasteiger partial charge in [0.15, 0.2) is 5.79 Å². The van der Waals surface area contributed by atoms with Gasteiger partial charge in [-0.2, -0.15) is 0 Å². The molecule has 2 aliphatic rings. The average molecular weight is 171 g/mol. The van der Waals surface area contributed by atoms with Gasteiger partial charge in [-0.3, -0.25) is 4.79 Å². The molecule has 1 N–H and O–H groups in total. The quantitative estimate of drug-likeness (QED) is 0.559. The van der Waals surface area contributed by atoms with Crippen molar-refractivity contribution >= 4 is 5.91 Å². The van der Waals surface area contributed by atoms with Crippen LogP contribution in [0.1, 0.15) is 19.3 Å². The third-order valence-electron chi connectivity index (χ3n) is 2.30. The lowest BCUT2D eigenvalue weighted by Crippen LogP contribution is -2.34. The molecule has 0 aromatic carbocycles. The number of hydrogen-bond donors (Lipinski definition) is 1. The summed E-state index contributed by atoms with van der Waals surface area (Å²) in [6, 6.07) is 0. The largest absolute Gasteiger partial charge is 0.356 e. The lowest BCUT2D eigenvalue weighted by Gasteiger charge is -2.23. The average Bonchev–Trinajstić information content (AvgIpc) is 2.39. The molecule has 2 saturated heterocycles. The highest BCUT2D eigenvalue weighted by molar-refractivity contribution is 5.77. The molecule has 2 aliphatic heterocycles. The summed E-state index contributed by atoms with van der Waals surface area (Å²) in [7, 11) is 0. The number of rotatable bonds is 0. The first-order chi connectivity index (χ1) is 5.81. The van der Waals surface area contributed by atoms with Crippen molar-refractivity contribution in [2.45, 2.75) is 25.0 Å². The molecule has 0 aliphatic carbocycles. The van der Waals surface area contributed by atoms with E-state index < -0.39 is 5.79 Å². The van der Waals surface area contributed by atoms with Crippen LogP contribution in [0.4, 0.5) is 0 Å². The summed E-state index contributed by atoms with van der Waals surface area (Å²) in [5, 5.41) is 2.80. The number of carbonyl (C=O) groups is 1. The summed E-state index contributed by atoms with van der Waals surface area (Å²) in [6.45, 7) is 1.98. The van der Waals surface area contributed by atoms with Crippen LogP contribution in [0.3, 0.4) is 0 Å². The molecular weight excluding hydrogens is 158 g/mol. The second-order valence-electron chi connectivity index (χ2n) is 3.24. The second kappa shape index (κ2) is 3.03. The summed E-state index contributed by atoms with van der Waals surface area (Å²) >= 11 is 0. The summed E-state index contributed by atoms with van der Waals surface area (Å²) < 4.78 is 10.9. The van der Waals surface area contributed by atoms with E-state index in [0.29, 0.717) is 19.6 Å². The Balaban J connectivity index is 2.07. The normalized spacial score (nSPS) is 28.5. The molecule has 2 fully saturated rings. The minimum absolute atomic E-state index is 0.0365. The minimum atomic E-state index is -0.583. The zero-order chi connectivity index (χ0) is 8.44. The van der Waals surface area contributed by atoms with E-state index in [0.717, 1.165) is 19.4 Å². The van der Waals surface area contributed by atoms with Crippen molar-refractivity contribution < 1.29 is 14.3 Å². The van der Waals surface area contributed by atoms with Crippen LogP contribution in [0.2, 0.25) is 0 Å². The van der Waals surface area contributed by atoms with Gasteiger partial charge in [-0.25, -0.2) is 0 Å². The molecule has 0 atom stereocenters. The van der Waals surface area contributed by atoms with E-state index in [9.17, 15) is 4.79 Å². The number of hydrogen-bond acceptors (Lipinski definition) is 3. The van der Waals surface area contributed by atoms with Crippen molar-refractivity contribution in [3.05, 3.63) is 0 Å². The van der Waals surface area contributed by atoms with Crippen LogP contribution >= 0.6 is 0 Å². The van der Waals surface area contributed by atoms with Crippen molar-refractivity contribution in [1.29, 1.82) is 0 Å². The van der Waals surface area contributed by atoms with Gasteiger partial charge in [0.1, 0.15) is 0 Å². The standard InChI is InChI=1S/C8H13NO3/c10-7-6-8(2-1-3-9-7)11-4-5-12-8/h1-6H2,(H,9,10). The van der Waals surface area contributed by atoms with Crippen molar-refractivity contribution in [2.75, 3.05) is 19.8 Å². The molecule has 4 nitrogen and oxygen atoms in total. The molecule has 12 heavy (non-hydrogen) atoms. The molecule has 0 radical (unpaired) electrons. The Bertz CT molecular complexity index is 187. The zero-order valence-electron chi connectivity index (χ0n) is 6.97. The molecule has 68 valence electrons. The van der Waals surface area contributed by atoms with Gasteiger partial charge in [0.25, 0.3) is 0 Å². The van der Waals surface area contributed by atoms with E-state index in [-0.39, 0.29) is 5.91 Å². The second-order valence-corrected chi connectivity index (χ2v) is 3.24. The third kappa shape index (κ3) is 1.44. The van der Waals surface area contributed by atoms with E-state index in [4.69, 9.17) is 9.47 Å². The summed E-state index contributed by atoms with van der Waals surface area (Å²) in [5.74, 6) is -0.546. The smallest absolute Gasteiger partial charge is 0.225 e. The van der Waals surface area contributed by atoms with Gasteiger partial charge in [0.2, 0.25) is 5.91 Å². The Morgan fingerprint density at radius 3 is 2.83 bits per heavy atom. The topological polar surface area (TPSA) is 47.6 Å². The number of carbonyl (C=O) groups excluding carboxylic acids is 1. The maximum atomic E-state index is 11.2. The van der Waals surface area contributed by atoms with Crippen LogP contribution in [0.5, 0.6) is 0 Å². The van der Waals surface area contributed by atoms with Gasteiger partial charge in [-0.05, 0) is 6.42 Å². The first kappa shape index (κ1) is 8.01. The van der Waals surface area contributed by atoms with Crippen LogP contribution in [0, 0.1) is 0 Å². The minimum Gasteiger partial charge on any atom is -0.356 e. The first-order valence-corrected chi connectivity index (χ1v) is 4.35. The SMILES string of the molecule is O=C1CC2(CCCN1)OCCO2. The van der Waals surface area contributed by atoms with Gasteiger partial charge in [0, 0.05) is 13.0 Å². The van der Waals surface area contributed by atoms with E-state index in [1.54, 1.807) is 0 Å². The lowest BCUT2D eigenvalue weighted by molar-refractivity contribution is -0.170. The molecular formula is C8H13NO3. The Morgan fingerprint density at radius 2 is 2.08 bits per heavy atom. The van der Waals surface area contributed by atoms with Crippen molar-refractivity contribution in [1.82, 2.24) is 5.32 Å². The Labute approximate surface area is 71.2 Å². The predicted octanol–water partition coefficient (Wildman–Crippen LogP) is 0.0296. The van der Waals surface area contributed by atoms with Gasteiger partial charge in [-0.1, -0.05) is 0 Å². The lowest BCUT2D eigenvalue weighted by atomic mass is 10.1. The number of ether oxygens (including phenoxy) is 2. The summed E-state index contributed by atoms with van der Waals surface area (Å²) in [5.41, 5.74) is 0. The molecule has 2 rings (SSSR count). The molecule has 1 amide bonds. The summed E-state index contributed by atoms with van der Waals surface area (Å²) in [4.78, 5) is 11.2. The van der Waals surface area contributed by atoms with Crippen LogP contribution in [-0.2, 0) is 14.3 Å². The number of amides is 1. The molecule has 0 saturated carbocycles. The van der Waals surface area contributed by atoms with Gasteiger partial charge < -0.3 is 14.8 Å². The van der Waals surface area contributed by atoms with Gasteiger partial charge in [-0.15, -0.1) is 0 Å². The zero-order valence-corrected chi connectivity index (χ0v) is 6.97. The fraction of sp³-hybridized carbons (Fsp3) is 0.875. The third-order valence-corrected chi connectivity index (χ3v) is 2.30. The van der Waals surface area contributed by atoms with Crippen LogP contribution in [0.25, 0.3) is 0 Å². The Kier molecular flexibility index (Phi) is 2.02. The maximum absolute atomic E-state index is 11.2. The number of nitrogens with one attached hydrogen (secondary N) is 1. The van der Waals surface area contributed by atoms with E-state index in [1.165, 1.54) is 0 Å². The molecule has 0 aromatic heterocycles. The van der Waals surface area contributed by atoms with Gasteiger partial charge in [0.05, 0.1) is 19.6 Å². The van der Waals surface area contributed by atoms with Crippen molar-refractivity contribution in [3.63, 3.8) is 0 Å². The first-order valence-electron chi connectivity index (χ1n) is 4.35.